The molecule has 1 aromatic carbocycles. The Hall–Kier alpha value is -1.00. The van der Waals surface area contributed by atoms with Crippen LogP contribution in [0, 0.1) is 5.92 Å². The first kappa shape index (κ1) is 15.1. The smallest absolute Gasteiger partial charge is 0.310 e. The first-order valence-corrected chi connectivity index (χ1v) is 7.20. The summed E-state index contributed by atoms with van der Waals surface area (Å²) in [4.78, 5) is 10.8. The highest BCUT2D eigenvalue weighted by Crippen LogP contribution is 2.19. The lowest BCUT2D eigenvalue weighted by Gasteiger charge is -2.09. The van der Waals surface area contributed by atoms with Gasteiger partial charge in [-0.2, -0.15) is 11.8 Å². The molecule has 0 aromatic heterocycles. The minimum Gasteiger partial charge on any atom is -0.481 e. The van der Waals surface area contributed by atoms with E-state index in [0.717, 1.165) is 17.1 Å². The van der Waals surface area contributed by atoms with Gasteiger partial charge in [-0.3, -0.25) is 4.79 Å². The van der Waals surface area contributed by atoms with Gasteiger partial charge in [-0.1, -0.05) is 31.2 Å². The number of hydrogen-bond donors (Lipinski definition) is 2. The van der Waals surface area contributed by atoms with Crippen molar-refractivity contribution >= 4 is 17.7 Å². The van der Waals surface area contributed by atoms with Crippen molar-refractivity contribution in [3.05, 3.63) is 35.4 Å². The predicted octanol–water partition coefficient (Wildman–Crippen LogP) is 2.74. The predicted molar refractivity (Wildman–Crippen MR) is 74.9 cm³/mol. The van der Waals surface area contributed by atoms with Gasteiger partial charge in [0.25, 0.3) is 0 Å². The van der Waals surface area contributed by atoms with Gasteiger partial charge in [-0.05, 0) is 29.7 Å². The van der Waals surface area contributed by atoms with Gasteiger partial charge in [-0.15, -0.1) is 0 Å². The second kappa shape index (κ2) is 7.44. The van der Waals surface area contributed by atoms with Crippen molar-refractivity contribution in [2.45, 2.75) is 25.5 Å². The van der Waals surface area contributed by atoms with Crippen LogP contribution >= 0.6 is 11.8 Å². The summed E-state index contributed by atoms with van der Waals surface area (Å²) in [7, 11) is 0. The first-order valence-electron chi connectivity index (χ1n) is 6.04. The zero-order valence-corrected chi connectivity index (χ0v) is 11.6. The lowest BCUT2D eigenvalue weighted by Crippen LogP contribution is -2.07. The third-order valence-corrected chi connectivity index (χ3v) is 4.18. The van der Waals surface area contributed by atoms with E-state index in [4.69, 9.17) is 10.2 Å². The molecule has 0 radical (unpaired) electrons. The normalized spacial score (nSPS) is 14.2. The molecule has 0 spiro atoms. The maximum atomic E-state index is 10.8. The summed E-state index contributed by atoms with van der Waals surface area (Å²) in [6.45, 7) is 3.93. The molecule has 100 valence electrons. The fourth-order valence-electron chi connectivity index (χ4n) is 1.48. The average molecular weight is 268 g/mol. The third kappa shape index (κ3) is 4.70. The van der Waals surface area contributed by atoms with Gasteiger partial charge in [0.15, 0.2) is 0 Å². The molecule has 2 N–H and O–H groups in total. The van der Waals surface area contributed by atoms with E-state index in [2.05, 4.69) is 0 Å². The van der Waals surface area contributed by atoms with Crippen molar-refractivity contribution in [1.82, 2.24) is 0 Å². The van der Waals surface area contributed by atoms with Gasteiger partial charge in [0.2, 0.25) is 0 Å². The Morgan fingerprint density at radius 3 is 2.39 bits per heavy atom. The Kier molecular flexibility index (Phi) is 6.22. The van der Waals surface area contributed by atoms with Crippen molar-refractivity contribution in [2.24, 2.45) is 5.92 Å². The monoisotopic (exact) mass is 268 g/mol. The van der Waals surface area contributed by atoms with E-state index < -0.39 is 11.9 Å². The molecule has 0 bridgehead atoms. The molecule has 0 aliphatic heterocycles. The number of carboxylic acid groups (broad SMARTS) is 1. The van der Waals surface area contributed by atoms with Crippen molar-refractivity contribution in [3.8, 4) is 0 Å². The van der Waals surface area contributed by atoms with Crippen molar-refractivity contribution in [2.75, 3.05) is 12.4 Å². The van der Waals surface area contributed by atoms with E-state index in [1.54, 1.807) is 18.7 Å². The molecule has 0 aliphatic carbocycles. The maximum Gasteiger partial charge on any atom is 0.310 e. The summed E-state index contributed by atoms with van der Waals surface area (Å²) in [6, 6.07) is 7.71. The van der Waals surface area contributed by atoms with Gasteiger partial charge in [0.05, 0.1) is 5.92 Å². The minimum atomic E-state index is -0.797. The summed E-state index contributed by atoms with van der Waals surface area (Å²) >= 11 is 1.78. The summed E-state index contributed by atoms with van der Waals surface area (Å²) in [5.74, 6) is 0.895. The van der Waals surface area contributed by atoms with Crippen LogP contribution in [0.25, 0.3) is 0 Å². The van der Waals surface area contributed by atoms with Crippen LogP contribution in [0.15, 0.2) is 24.3 Å². The quantitative estimate of drug-likeness (QED) is 0.798. The third-order valence-electron chi connectivity index (χ3n) is 2.83. The molecular weight excluding hydrogens is 248 g/mol. The van der Waals surface area contributed by atoms with Crippen LogP contribution in [0.3, 0.4) is 0 Å². The zero-order chi connectivity index (χ0) is 13.5. The van der Waals surface area contributed by atoms with E-state index >= 15 is 0 Å². The summed E-state index contributed by atoms with van der Waals surface area (Å²) in [6.07, 6.45) is 0. The molecule has 1 aromatic rings. The van der Waals surface area contributed by atoms with Gasteiger partial charge in [0.1, 0.15) is 0 Å². The molecule has 2 unspecified atom stereocenters. The van der Waals surface area contributed by atoms with Crippen LogP contribution in [0.2, 0.25) is 0 Å². The fourth-order valence-corrected chi connectivity index (χ4v) is 2.53. The Bertz CT molecular complexity index is 375. The van der Waals surface area contributed by atoms with Gasteiger partial charge < -0.3 is 10.2 Å². The first-order chi connectivity index (χ1) is 8.54. The number of thioether (sulfide) groups is 1. The van der Waals surface area contributed by atoms with E-state index in [0.29, 0.717) is 5.92 Å². The largest absolute Gasteiger partial charge is 0.481 e. The molecule has 18 heavy (non-hydrogen) atoms. The van der Waals surface area contributed by atoms with Crippen molar-refractivity contribution in [1.29, 1.82) is 0 Å². The number of aliphatic carboxylic acids is 1. The van der Waals surface area contributed by atoms with Gasteiger partial charge >= 0.3 is 5.97 Å². The second-order valence-corrected chi connectivity index (χ2v) is 5.63. The zero-order valence-electron chi connectivity index (χ0n) is 10.8. The topological polar surface area (TPSA) is 57.5 Å². The molecule has 3 nitrogen and oxygen atoms in total. The number of carbonyl (C=O) groups is 1. The van der Waals surface area contributed by atoms with Gasteiger partial charge in [-0.25, -0.2) is 0 Å². The molecule has 0 saturated heterocycles. The molecule has 0 heterocycles. The highest BCUT2D eigenvalue weighted by molar-refractivity contribution is 7.98. The number of rotatable bonds is 7. The van der Waals surface area contributed by atoms with E-state index in [-0.39, 0.29) is 6.61 Å². The van der Waals surface area contributed by atoms with Crippen LogP contribution in [-0.2, 0) is 10.5 Å². The highest BCUT2D eigenvalue weighted by Gasteiger charge is 2.12. The van der Waals surface area contributed by atoms with Gasteiger partial charge in [0, 0.05) is 12.4 Å². The maximum absolute atomic E-state index is 10.8. The standard InChI is InChI=1S/C14H20O3S/c1-10(7-15)8-18-9-12-3-5-13(6-4-12)11(2)14(16)17/h3-6,10-11,15H,7-9H2,1-2H3,(H,16,17). The minimum absolute atomic E-state index is 0.224. The Labute approximate surface area is 112 Å². The highest BCUT2D eigenvalue weighted by atomic mass is 32.2. The molecular formula is C14H20O3S. The molecule has 1 rings (SSSR count). The number of carboxylic acids is 1. The Morgan fingerprint density at radius 1 is 1.28 bits per heavy atom. The number of aliphatic hydroxyl groups is 1. The number of benzene rings is 1. The number of hydrogen-bond acceptors (Lipinski definition) is 3. The van der Waals surface area contributed by atoms with E-state index in [9.17, 15) is 4.79 Å². The Balaban J connectivity index is 2.48. The Morgan fingerprint density at radius 2 is 1.89 bits per heavy atom. The summed E-state index contributed by atoms with van der Waals surface area (Å²) in [5.41, 5.74) is 2.02. The SMILES string of the molecule is CC(CO)CSCc1ccc(C(C)C(=O)O)cc1. The molecule has 0 saturated carbocycles. The summed E-state index contributed by atoms with van der Waals surface area (Å²) < 4.78 is 0. The van der Waals surface area contributed by atoms with Crippen molar-refractivity contribution in [3.63, 3.8) is 0 Å². The fraction of sp³-hybridized carbons (Fsp3) is 0.500. The molecule has 4 heteroatoms. The molecule has 0 aliphatic rings. The average Bonchev–Trinajstić information content (AvgIpc) is 2.38. The number of aliphatic hydroxyl groups excluding tert-OH is 1. The van der Waals surface area contributed by atoms with Crippen LogP contribution in [0.5, 0.6) is 0 Å². The van der Waals surface area contributed by atoms with E-state index in [1.165, 1.54) is 5.56 Å². The lowest BCUT2D eigenvalue weighted by atomic mass is 10.0. The van der Waals surface area contributed by atoms with Crippen LogP contribution < -0.4 is 0 Å². The van der Waals surface area contributed by atoms with E-state index in [1.807, 2.05) is 31.2 Å². The summed E-state index contributed by atoms with van der Waals surface area (Å²) in [5, 5.41) is 17.8. The lowest BCUT2D eigenvalue weighted by molar-refractivity contribution is -0.138. The second-order valence-electron chi connectivity index (χ2n) is 4.60. The molecule has 0 amide bonds. The molecule has 0 fully saturated rings. The van der Waals surface area contributed by atoms with Crippen molar-refractivity contribution < 1.29 is 15.0 Å². The van der Waals surface area contributed by atoms with Crippen LogP contribution in [0.4, 0.5) is 0 Å². The molecule has 2 atom stereocenters. The van der Waals surface area contributed by atoms with Crippen LogP contribution in [0.1, 0.15) is 30.9 Å². The van der Waals surface area contributed by atoms with Crippen LogP contribution in [-0.4, -0.2) is 28.5 Å².